The number of benzene rings is 1. The Morgan fingerprint density at radius 1 is 1.24 bits per heavy atom. The minimum absolute atomic E-state index is 0.129. The molecule has 2 aromatic rings. The summed E-state index contributed by atoms with van der Waals surface area (Å²) in [5.41, 5.74) is 11.6. The first-order valence-electron chi connectivity index (χ1n) is 8.34. The molecule has 7 heteroatoms. The lowest BCUT2D eigenvalue weighted by Gasteiger charge is -2.23. The van der Waals surface area contributed by atoms with Crippen LogP contribution < -0.4 is 21.5 Å². The molecule has 0 bridgehead atoms. The van der Waals surface area contributed by atoms with Crippen molar-refractivity contribution in [3.05, 3.63) is 65.5 Å². The number of primary amides is 1. The molecule has 1 aliphatic carbocycles. The lowest BCUT2D eigenvalue weighted by molar-refractivity contribution is 0.251. The molecule has 0 spiro atoms. The topological polar surface area (TPSA) is 96.2 Å². The van der Waals surface area contributed by atoms with Gasteiger partial charge in [-0.3, -0.25) is 10.3 Å². The number of anilines is 1. The third kappa shape index (κ3) is 3.06. The van der Waals surface area contributed by atoms with Crippen molar-refractivity contribution in [1.82, 2.24) is 20.7 Å². The van der Waals surface area contributed by atoms with Crippen molar-refractivity contribution in [2.45, 2.75) is 31.7 Å². The van der Waals surface area contributed by atoms with Gasteiger partial charge in [0.05, 0.1) is 11.7 Å². The van der Waals surface area contributed by atoms with Crippen LogP contribution in [0.15, 0.2) is 54.1 Å². The standard InChI is InChI=1S/C18H20N6O/c1-11-15(13-9-20-16(21-10-13)12-7-8-12)23-24(17(11)22-18(19)25)14-5-3-2-4-6-14/h2-6,9-10,12,15,23H,7-8H2,1H3,(H3,19,22,25). The van der Waals surface area contributed by atoms with Crippen LogP contribution in [0.1, 0.15) is 43.1 Å². The van der Waals surface area contributed by atoms with E-state index in [9.17, 15) is 4.79 Å². The molecule has 1 unspecified atom stereocenters. The second-order valence-corrected chi connectivity index (χ2v) is 6.40. The third-order valence-electron chi connectivity index (χ3n) is 4.51. The Morgan fingerprint density at radius 2 is 1.92 bits per heavy atom. The highest BCUT2D eigenvalue weighted by molar-refractivity contribution is 5.75. The van der Waals surface area contributed by atoms with Crippen molar-refractivity contribution in [3.63, 3.8) is 0 Å². The molecule has 1 aromatic carbocycles. The van der Waals surface area contributed by atoms with Crippen molar-refractivity contribution in [1.29, 1.82) is 0 Å². The average molecular weight is 336 g/mol. The van der Waals surface area contributed by atoms with E-state index in [1.165, 1.54) is 12.8 Å². The predicted octanol–water partition coefficient (Wildman–Crippen LogP) is 2.32. The van der Waals surface area contributed by atoms with Gasteiger partial charge in [-0.05, 0) is 37.5 Å². The molecular formula is C18H20N6O. The maximum absolute atomic E-state index is 11.4. The molecule has 0 saturated heterocycles. The Labute approximate surface area is 145 Å². The molecule has 1 aromatic heterocycles. The number of hydrogen-bond donors (Lipinski definition) is 3. The van der Waals surface area contributed by atoms with E-state index in [-0.39, 0.29) is 6.04 Å². The van der Waals surface area contributed by atoms with Crippen LogP contribution in [0.4, 0.5) is 10.5 Å². The molecule has 2 amide bonds. The molecule has 2 aliphatic rings. The number of carbonyl (C=O) groups excluding carboxylic acids is 1. The van der Waals surface area contributed by atoms with Gasteiger partial charge in [-0.2, -0.15) is 0 Å². The zero-order valence-electron chi connectivity index (χ0n) is 13.9. The number of para-hydroxylation sites is 1. The maximum atomic E-state index is 11.4. The van der Waals surface area contributed by atoms with Crippen molar-refractivity contribution in [2.24, 2.45) is 5.73 Å². The zero-order valence-corrected chi connectivity index (χ0v) is 13.9. The highest BCUT2D eigenvalue weighted by Crippen LogP contribution is 2.38. The number of urea groups is 1. The summed E-state index contributed by atoms with van der Waals surface area (Å²) < 4.78 is 0. The van der Waals surface area contributed by atoms with Crippen LogP contribution in [-0.4, -0.2) is 16.0 Å². The van der Waals surface area contributed by atoms with Gasteiger partial charge in [0.1, 0.15) is 11.6 Å². The summed E-state index contributed by atoms with van der Waals surface area (Å²) in [6.45, 7) is 1.96. The van der Waals surface area contributed by atoms with Gasteiger partial charge >= 0.3 is 6.03 Å². The van der Waals surface area contributed by atoms with Crippen LogP contribution in [0.3, 0.4) is 0 Å². The minimum Gasteiger partial charge on any atom is -0.351 e. The fraction of sp³-hybridized carbons (Fsp3) is 0.278. The van der Waals surface area contributed by atoms with Crippen molar-refractivity contribution in [2.75, 3.05) is 5.01 Å². The second kappa shape index (κ2) is 6.18. The summed E-state index contributed by atoms with van der Waals surface area (Å²) in [6.07, 6.45) is 6.07. The molecule has 2 heterocycles. The van der Waals surface area contributed by atoms with E-state index in [2.05, 4.69) is 20.7 Å². The number of aromatic nitrogens is 2. The summed E-state index contributed by atoms with van der Waals surface area (Å²) in [7, 11) is 0. The number of amides is 2. The highest BCUT2D eigenvalue weighted by Gasteiger charge is 2.32. The summed E-state index contributed by atoms with van der Waals surface area (Å²) in [4.78, 5) is 20.4. The summed E-state index contributed by atoms with van der Waals surface area (Å²) in [6, 6.07) is 9.01. The van der Waals surface area contributed by atoms with Gasteiger partial charge in [0.2, 0.25) is 0 Å². The van der Waals surface area contributed by atoms with E-state index in [0.717, 1.165) is 22.6 Å². The Morgan fingerprint density at radius 3 is 2.52 bits per heavy atom. The largest absolute Gasteiger partial charge is 0.351 e. The summed E-state index contributed by atoms with van der Waals surface area (Å²) >= 11 is 0. The first kappa shape index (κ1) is 15.6. The van der Waals surface area contributed by atoms with E-state index < -0.39 is 6.03 Å². The Kier molecular flexibility index (Phi) is 3.85. The van der Waals surface area contributed by atoms with Crippen LogP contribution in [0.2, 0.25) is 0 Å². The number of carbonyl (C=O) groups is 1. The highest BCUT2D eigenvalue weighted by atomic mass is 16.2. The van der Waals surface area contributed by atoms with E-state index in [0.29, 0.717) is 11.7 Å². The Balaban J connectivity index is 1.66. The quantitative estimate of drug-likeness (QED) is 0.796. The predicted molar refractivity (Wildman–Crippen MR) is 94.2 cm³/mol. The first-order chi connectivity index (χ1) is 12.1. The molecule has 1 saturated carbocycles. The van der Waals surface area contributed by atoms with E-state index in [1.54, 1.807) is 0 Å². The Hall–Kier alpha value is -2.93. The number of nitrogens with zero attached hydrogens (tertiary/aromatic N) is 3. The van der Waals surface area contributed by atoms with Crippen LogP contribution in [-0.2, 0) is 0 Å². The third-order valence-corrected chi connectivity index (χ3v) is 4.51. The van der Waals surface area contributed by atoms with Gasteiger partial charge < -0.3 is 5.73 Å². The number of hydrazine groups is 1. The van der Waals surface area contributed by atoms with Crippen LogP contribution in [0, 0.1) is 0 Å². The lowest BCUT2D eigenvalue weighted by atomic mass is 10.0. The fourth-order valence-corrected chi connectivity index (χ4v) is 3.03. The van der Waals surface area contributed by atoms with Crippen molar-refractivity contribution in [3.8, 4) is 0 Å². The van der Waals surface area contributed by atoms with Gasteiger partial charge in [-0.25, -0.2) is 20.2 Å². The molecule has 4 N–H and O–H groups in total. The molecule has 128 valence electrons. The first-order valence-corrected chi connectivity index (χ1v) is 8.34. The fourth-order valence-electron chi connectivity index (χ4n) is 3.03. The normalized spacial score (nSPS) is 20.0. The van der Waals surface area contributed by atoms with Gasteiger partial charge in [0.15, 0.2) is 0 Å². The monoisotopic (exact) mass is 336 g/mol. The van der Waals surface area contributed by atoms with Gasteiger partial charge in [-0.1, -0.05) is 18.2 Å². The van der Waals surface area contributed by atoms with Gasteiger partial charge in [-0.15, -0.1) is 0 Å². The Bertz CT molecular complexity index is 813. The van der Waals surface area contributed by atoms with E-state index in [4.69, 9.17) is 5.73 Å². The number of hydrogen-bond acceptors (Lipinski definition) is 5. The second-order valence-electron chi connectivity index (χ2n) is 6.40. The molecule has 7 nitrogen and oxygen atoms in total. The van der Waals surface area contributed by atoms with Gasteiger partial charge in [0, 0.05) is 23.9 Å². The van der Waals surface area contributed by atoms with Crippen LogP contribution >= 0.6 is 0 Å². The van der Waals surface area contributed by atoms with E-state index >= 15 is 0 Å². The molecule has 1 atom stereocenters. The van der Waals surface area contributed by atoms with Crippen molar-refractivity contribution < 1.29 is 4.79 Å². The summed E-state index contributed by atoms with van der Waals surface area (Å²) in [5, 5.41) is 4.55. The maximum Gasteiger partial charge on any atom is 0.317 e. The summed E-state index contributed by atoms with van der Waals surface area (Å²) in [5.74, 6) is 2.07. The zero-order chi connectivity index (χ0) is 17.4. The number of nitrogens with two attached hydrogens (primary N) is 1. The molecule has 25 heavy (non-hydrogen) atoms. The van der Waals surface area contributed by atoms with Crippen molar-refractivity contribution >= 4 is 11.7 Å². The van der Waals surface area contributed by atoms with Gasteiger partial charge in [0.25, 0.3) is 0 Å². The number of nitrogens with one attached hydrogen (secondary N) is 2. The minimum atomic E-state index is -0.599. The SMILES string of the molecule is CC1=C(NC(N)=O)N(c2ccccc2)NC1c1cnc(C2CC2)nc1. The lowest BCUT2D eigenvalue weighted by Crippen LogP contribution is -2.41. The van der Waals surface area contributed by atoms with E-state index in [1.807, 2.05) is 54.7 Å². The molecule has 0 radical (unpaired) electrons. The molecular weight excluding hydrogens is 316 g/mol. The molecule has 1 aliphatic heterocycles. The molecule has 1 fully saturated rings. The van der Waals surface area contributed by atoms with Crippen LogP contribution in [0.25, 0.3) is 0 Å². The average Bonchev–Trinajstić information content (AvgIpc) is 3.42. The van der Waals surface area contributed by atoms with Crippen LogP contribution in [0.5, 0.6) is 0 Å². The number of rotatable bonds is 4. The smallest absolute Gasteiger partial charge is 0.317 e. The molecule has 4 rings (SSSR count).